The minimum atomic E-state index is -0.346. The van der Waals surface area contributed by atoms with Crippen molar-refractivity contribution in [1.29, 1.82) is 0 Å². The van der Waals surface area contributed by atoms with Gasteiger partial charge >= 0.3 is 0 Å². The predicted octanol–water partition coefficient (Wildman–Crippen LogP) is 3.28. The van der Waals surface area contributed by atoms with Crippen molar-refractivity contribution < 1.29 is 4.79 Å². The number of imidazole rings is 1. The topological polar surface area (TPSA) is 34.9 Å². The second-order valence-corrected chi connectivity index (χ2v) is 5.84. The van der Waals surface area contributed by atoms with E-state index in [0.717, 1.165) is 5.56 Å². The molecule has 19 heavy (non-hydrogen) atoms. The molecule has 0 saturated carbocycles. The molecule has 2 rings (SSSR count). The van der Waals surface area contributed by atoms with Gasteiger partial charge in [0.15, 0.2) is 0 Å². The summed E-state index contributed by atoms with van der Waals surface area (Å²) in [6, 6.07) is 9.97. The van der Waals surface area contributed by atoms with Crippen molar-refractivity contribution >= 4 is 5.78 Å². The van der Waals surface area contributed by atoms with E-state index in [1.165, 1.54) is 0 Å². The van der Waals surface area contributed by atoms with Gasteiger partial charge in [-0.05, 0) is 5.56 Å². The molecule has 0 radical (unpaired) electrons. The third-order valence-electron chi connectivity index (χ3n) is 3.21. The Morgan fingerprint density at radius 3 is 2.47 bits per heavy atom. The molecular formula is C16H20N2O. The van der Waals surface area contributed by atoms with Crippen LogP contribution in [0.25, 0.3) is 0 Å². The Bertz CT molecular complexity index is 524. The van der Waals surface area contributed by atoms with E-state index in [4.69, 9.17) is 0 Å². The molecule has 0 fully saturated rings. The Morgan fingerprint density at radius 1 is 1.26 bits per heavy atom. The minimum Gasteiger partial charge on any atom is -0.336 e. The fourth-order valence-corrected chi connectivity index (χ4v) is 2.15. The predicted molar refractivity (Wildman–Crippen MR) is 75.9 cm³/mol. The van der Waals surface area contributed by atoms with Crippen molar-refractivity contribution in [2.24, 2.45) is 5.41 Å². The van der Waals surface area contributed by atoms with Crippen LogP contribution in [0.2, 0.25) is 0 Å². The third kappa shape index (κ3) is 3.31. The monoisotopic (exact) mass is 256 g/mol. The molecule has 100 valence electrons. The highest BCUT2D eigenvalue weighted by Crippen LogP contribution is 2.28. The zero-order valence-corrected chi connectivity index (χ0v) is 11.7. The summed E-state index contributed by atoms with van der Waals surface area (Å²) in [6.45, 7) is 6.55. The number of ketones is 1. The molecule has 3 heteroatoms. The molecule has 0 aliphatic carbocycles. The van der Waals surface area contributed by atoms with Crippen LogP contribution in [-0.2, 0) is 11.3 Å². The minimum absolute atomic E-state index is 0.129. The molecule has 0 bridgehead atoms. The number of hydrogen-bond acceptors (Lipinski definition) is 2. The van der Waals surface area contributed by atoms with Gasteiger partial charge in [-0.3, -0.25) is 4.79 Å². The SMILES string of the molecule is CC(C)(C)C(=O)C(Cn1ccnc1)c1ccccc1. The summed E-state index contributed by atoms with van der Waals surface area (Å²) in [6.07, 6.45) is 5.39. The molecule has 0 aliphatic rings. The van der Waals surface area contributed by atoms with Crippen LogP contribution in [0.5, 0.6) is 0 Å². The molecule has 3 nitrogen and oxygen atoms in total. The molecule has 1 atom stereocenters. The van der Waals surface area contributed by atoms with E-state index in [1.807, 2.05) is 61.9 Å². The van der Waals surface area contributed by atoms with Crippen molar-refractivity contribution in [2.75, 3.05) is 0 Å². The largest absolute Gasteiger partial charge is 0.336 e. The Kier molecular flexibility index (Phi) is 3.84. The van der Waals surface area contributed by atoms with E-state index in [-0.39, 0.29) is 17.1 Å². The molecular weight excluding hydrogens is 236 g/mol. The molecule has 1 heterocycles. The van der Waals surface area contributed by atoms with Crippen LogP contribution in [0.15, 0.2) is 49.1 Å². The van der Waals surface area contributed by atoms with Gasteiger partial charge in [-0.15, -0.1) is 0 Å². The summed E-state index contributed by atoms with van der Waals surface area (Å²) >= 11 is 0. The Balaban J connectivity index is 2.31. The molecule has 0 saturated heterocycles. The fraction of sp³-hybridized carbons (Fsp3) is 0.375. The molecule has 0 amide bonds. The number of carbonyl (C=O) groups is 1. The zero-order valence-electron chi connectivity index (χ0n) is 11.7. The maximum atomic E-state index is 12.7. The number of Topliss-reactive ketones (excluding diaryl/α,β-unsaturated/α-hetero) is 1. The first-order valence-corrected chi connectivity index (χ1v) is 6.53. The maximum absolute atomic E-state index is 12.7. The van der Waals surface area contributed by atoms with Crippen molar-refractivity contribution in [1.82, 2.24) is 9.55 Å². The average Bonchev–Trinajstić information content (AvgIpc) is 2.88. The lowest BCUT2D eigenvalue weighted by Crippen LogP contribution is -2.29. The number of rotatable bonds is 4. The van der Waals surface area contributed by atoms with Gasteiger partial charge in [0.05, 0.1) is 12.2 Å². The molecule has 0 aliphatic heterocycles. The summed E-state index contributed by atoms with van der Waals surface area (Å²) in [4.78, 5) is 16.7. The number of hydrogen-bond donors (Lipinski definition) is 0. The number of carbonyl (C=O) groups excluding carboxylic acids is 1. The lowest BCUT2D eigenvalue weighted by Gasteiger charge is -2.25. The summed E-state index contributed by atoms with van der Waals surface area (Å²) in [7, 11) is 0. The molecule has 2 aromatic rings. The maximum Gasteiger partial charge on any atom is 0.147 e. The molecule has 0 spiro atoms. The van der Waals surface area contributed by atoms with Crippen LogP contribution in [-0.4, -0.2) is 15.3 Å². The average molecular weight is 256 g/mol. The van der Waals surface area contributed by atoms with Crippen LogP contribution < -0.4 is 0 Å². The third-order valence-corrected chi connectivity index (χ3v) is 3.21. The lowest BCUT2D eigenvalue weighted by atomic mass is 9.80. The van der Waals surface area contributed by atoms with E-state index < -0.39 is 0 Å². The first-order chi connectivity index (χ1) is 8.98. The van der Waals surface area contributed by atoms with E-state index in [2.05, 4.69) is 4.98 Å². The number of aromatic nitrogens is 2. The van der Waals surface area contributed by atoms with Gasteiger partial charge < -0.3 is 4.57 Å². The first-order valence-electron chi connectivity index (χ1n) is 6.53. The van der Waals surface area contributed by atoms with Crippen LogP contribution in [0, 0.1) is 5.41 Å². The highest BCUT2D eigenvalue weighted by molar-refractivity contribution is 5.90. The van der Waals surface area contributed by atoms with Crippen LogP contribution in [0.1, 0.15) is 32.3 Å². The van der Waals surface area contributed by atoms with Gasteiger partial charge in [0.25, 0.3) is 0 Å². The Morgan fingerprint density at radius 2 is 1.95 bits per heavy atom. The van der Waals surface area contributed by atoms with Gasteiger partial charge in [-0.2, -0.15) is 0 Å². The van der Waals surface area contributed by atoms with Crippen LogP contribution in [0.4, 0.5) is 0 Å². The van der Waals surface area contributed by atoms with Gasteiger partial charge in [0.1, 0.15) is 5.78 Å². The highest BCUT2D eigenvalue weighted by Gasteiger charge is 2.30. The van der Waals surface area contributed by atoms with Crippen LogP contribution in [0.3, 0.4) is 0 Å². The first kappa shape index (κ1) is 13.5. The van der Waals surface area contributed by atoms with Crippen molar-refractivity contribution in [3.8, 4) is 0 Å². The van der Waals surface area contributed by atoms with E-state index >= 15 is 0 Å². The summed E-state index contributed by atoms with van der Waals surface area (Å²) < 4.78 is 1.96. The van der Waals surface area contributed by atoms with Gasteiger partial charge in [0.2, 0.25) is 0 Å². The Hall–Kier alpha value is -1.90. The molecule has 1 aromatic heterocycles. The second kappa shape index (κ2) is 5.39. The van der Waals surface area contributed by atoms with Gasteiger partial charge in [0, 0.05) is 24.4 Å². The number of benzene rings is 1. The lowest BCUT2D eigenvalue weighted by molar-refractivity contribution is -0.128. The smallest absolute Gasteiger partial charge is 0.147 e. The van der Waals surface area contributed by atoms with Gasteiger partial charge in [-0.1, -0.05) is 51.1 Å². The van der Waals surface area contributed by atoms with Crippen molar-refractivity contribution in [3.05, 3.63) is 54.6 Å². The summed E-state index contributed by atoms with van der Waals surface area (Å²) in [5, 5.41) is 0. The van der Waals surface area contributed by atoms with E-state index in [0.29, 0.717) is 6.54 Å². The number of nitrogens with zero attached hydrogens (tertiary/aromatic N) is 2. The normalized spacial score (nSPS) is 13.2. The van der Waals surface area contributed by atoms with Crippen molar-refractivity contribution in [3.63, 3.8) is 0 Å². The highest BCUT2D eigenvalue weighted by atomic mass is 16.1. The standard InChI is InChI=1S/C16H20N2O/c1-16(2,3)15(19)14(11-18-10-9-17-12-18)13-7-5-4-6-8-13/h4-10,12,14H,11H2,1-3H3. The van der Waals surface area contributed by atoms with Crippen molar-refractivity contribution in [2.45, 2.75) is 33.2 Å². The summed E-state index contributed by atoms with van der Waals surface area (Å²) in [5.41, 5.74) is 0.720. The molecule has 1 aromatic carbocycles. The fourth-order valence-electron chi connectivity index (χ4n) is 2.15. The Labute approximate surface area is 114 Å². The summed E-state index contributed by atoms with van der Waals surface area (Å²) in [5.74, 6) is 0.128. The van der Waals surface area contributed by atoms with E-state index in [1.54, 1.807) is 12.5 Å². The second-order valence-electron chi connectivity index (χ2n) is 5.84. The molecule has 1 unspecified atom stereocenters. The van der Waals surface area contributed by atoms with Gasteiger partial charge in [-0.25, -0.2) is 4.98 Å². The quantitative estimate of drug-likeness (QED) is 0.841. The van der Waals surface area contributed by atoms with Crippen LogP contribution >= 0.6 is 0 Å². The molecule has 0 N–H and O–H groups in total. The zero-order chi connectivity index (χ0) is 13.9. The van der Waals surface area contributed by atoms with E-state index in [9.17, 15) is 4.79 Å².